The number of hydrogen-bond donors (Lipinski definition) is 0. The first-order valence-corrected chi connectivity index (χ1v) is 10.9. The van der Waals surface area contributed by atoms with Gasteiger partial charge in [0.1, 0.15) is 12.4 Å². The van der Waals surface area contributed by atoms with Gasteiger partial charge in [-0.3, -0.25) is 4.79 Å². The zero-order chi connectivity index (χ0) is 22.3. The van der Waals surface area contributed by atoms with Crippen molar-refractivity contribution in [1.29, 1.82) is 0 Å². The smallest absolute Gasteiger partial charge is 0.223 e. The van der Waals surface area contributed by atoms with E-state index in [1.165, 1.54) is 0 Å². The van der Waals surface area contributed by atoms with Gasteiger partial charge in [-0.2, -0.15) is 0 Å². The van der Waals surface area contributed by atoms with Gasteiger partial charge in [0, 0.05) is 19.0 Å². The number of likely N-dealkylation sites (tertiary alicyclic amines) is 1. The Hall–Kier alpha value is -3.47. The third-order valence-corrected chi connectivity index (χ3v) is 5.90. The Morgan fingerprint density at radius 2 is 1.56 bits per heavy atom. The van der Waals surface area contributed by atoms with Crippen LogP contribution in [-0.2, 0) is 24.4 Å². The summed E-state index contributed by atoms with van der Waals surface area (Å²) in [7, 11) is 3.27. The van der Waals surface area contributed by atoms with Crippen LogP contribution in [0.2, 0.25) is 0 Å². The number of methoxy groups -OCH3 is 2. The van der Waals surface area contributed by atoms with Crippen molar-refractivity contribution in [2.24, 2.45) is 0 Å². The van der Waals surface area contributed by atoms with Crippen LogP contribution in [0.5, 0.6) is 17.2 Å². The predicted molar refractivity (Wildman–Crippen MR) is 124 cm³/mol. The summed E-state index contributed by atoms with van der Waals surface area (Å²) < 4.78 is 16.6. The molecule has 1 amide bonds. The second-order valence-corrected chi connectivity index (χ2v) is 8.03. The van der Waals surface area contributed by atoms with E-state index in [2.05, 4.69) is 0 Å². The number of carbonyl (C=O) groups is 1. The van der Waals surface area contributed by atoms with Crippen molar-refractivity contribution in [2.75, 3.05) is 14.2 Å². The summed E-state index contributed by atoms with van der Waals surface area (Å²) in [5.74, 6) is 2.46. The lowest BCUT2D eigenvalue weighted by Crippen LogP contribution is -2.33. The maximum Gasteiger partial charge on any atom is 0.223 e. The molecule has 0 saturated carbocycles. The highest BCUT2D eigenvalue weighted by molar-refractivity contribution is 5.78. The molecule has 32 heavy (non-hydrogen) atoms. The van der Waals surface area contributed by atoms with E-state index in [9.17, 15) is 4.79 Å². The molecular formula is C27H29NO4. The van der Waals surface area contributed by atoms with Crippen molar-refractivity contribution >= 4 is 5.91 Å². The number of rotatable bonds is 9. The van der Waals surface area contributed by atoms with Gasteiger partial charge in [0.25, 0.3) is 0 Å². The Balaban J connectivity index is 1.38. The predicted octanol–water partition coefficient (Wildman–Crippen LogP) is 5.02. The molecule has 1 aliphatic heterocycles. The molecule has 4 rings (SSSR count). The quantitative estimate of drug-likeness (QED) is 0.478. The van der Waals surface area contributed by atoms with Gasteiger partial charge in [-0.05, 0) is 53.8 Å². The first kappa shape index (κ1) is 21.8. The van der Waals surface area contributed by atoms with Gasteiger partial charge < -0.3 is 19.1 Å². The van der Waals surface area contributed by atoms with Gasteiger partial charge in [-0.15, -0.1) is 0 Å². The molecular weight excluding hydrogens is 402 g/mol. The summed E-state index contributed by atoms with van der Waals surface area (Å²) in [5, 5.41) is 0. The molecule has 0 unspecified atom stereocenters. The average molecular weight is 432 g/mol. The molecule has 0 aliphatic carbocycles. The van der Waals surface area contributed by atoms with Crippen LogP contribution in [0.25, 0.3) is 0 Å². The monoisotopic (exact) mass is 431 g/mol. The topological polar surface area (TPSA) is 48.0 Å². The van der Waals surface area contributed by atoms with Gasteiger partial charge >= 0.3 is 0 Å². The summed E-state index contributed by atoms with van der Waals surface area (Å²) in [6, 6.07) is 24.3. The summed E-state index contributed by atoms with van der Waals surface area (Å²) in [6.45, 7) is 1.15. The van der Waals surface area contributed by atoms with Gasteiger partial charge in [-0.1, -0.05) is 48.5 Å². The van der Waals surface area contributed by atoms with E-state index in [0.717, 1.165) is 35.3 Å². The van der Waals surface area contributed by atoms with Crippen molar-refractivity contribution < 1.29 is 19.0 Å². The Labute approximate surface area is 189 Å². The van der Waals surface area contributed by atoms with Gasteiger partial charge in [-0.25, -0.2) is 0 Å². The normalized spacial score (nSPS) is 15.6. The highest BCUT2D eigenvalue weighted by Gasteiger charge is 2.31. The van der Waals surface area contributed by atoms with Gasteiger partial charge in [0.2, 0.25) is 5.91 Å². The van der Waals surface area contributed by atoms with Crippen LogP contribution < -0.4 is 14.2 Å². The average Bonchev–Trinajstić information content (AvgIpc) is 3.18. The molecule has 5 nitrogen and oxygen atoms in total. The van der Waals surface area contributed by atoms with Crippen molar-refractivity contribution in [3.8, 4) is 17.2 Å². The van der Waals surface area contributed by atoms with E-state index < -0.39 is 0 Å². The van der Waals surface area contributed by atoms with Crippen LogP contribution in [0.3, 0.4) is 0 Å². The third kappa shape index (κ3) is 5.22. The van der Waals surface area contributed by atoms with Crippen molar-refractivity contribution in [3.63, 3.8) is 0 Å². The zero-order valence-electron chi connectivity index (χ0n) is 18.6. The summed E-state index contributed by atoms with van der Waals surface area (Å²) >= 11 is 0. The molecule has 5 heteroatoms. The minimum absolute atomic E-state index is 0.176. The van der Waals surface area contributed by atoms with E-state index in [-0.39, 0.29) is 11.9 Å². The number of hydrogen-bond acceptors (Lipinski definition) is 4. The van der Waals surface area contributed by atoms with Crippen LogP contribution in [0.4, 0.5) is 0 Å². The molecule has 1 fully saturated rings. The minimum atomic E-state index is 0.176. The number of carbonyl (C=O) groups excluding carboxylic acids is 1. The van der Waals surface area contributed by atoms with Gasteiger partial charge in [0.15, 0.2) is 11.5 Å². The molecule has 0 spiro atoms. The van der Waals surface area contributed by atoms with Crippen LogP contribution in [0, 0.1) is 0 Å². The first-order chi connectivity index (χ1) is 15.7. The lowest BCUT2D eigenvalue weighted by Gasteiger charge is -2.25. The maximum atomic E-state index is 12.6. The fourth-order valence-corrected chi connectivity index (χ4v) is 4.13. The van der Waals surface area contributed by atoms with Crippen molar-refractivity contribution in [3.05, 3.63) is 89.5 Å². The highest BCUT2D eigenvalue weighted by Crippen LogP contribution is 2.31. The molecule has 1 atom stereocenters. The second kappa shape index (κ2) is 10.2. The molecule has 0 bridgehead atoms. The first-order valence-electron chi connectivity index (χ1n) is 10.9. The van der Waals surface area contributed by atoms with Crippen LogP contribution in [0.15, 0.2) is 72.8 Å². The summed E-state index contributed by atoms with van der Waals surface area (Å²) in [5.41, 5.74) is 3.37. The van der Waals surface area contributed by atoms with E-state index in [0.29, 0.717) is 31.1 Å². The van der Waals surface area contributed by atoms with E-state index in [1.54, 1.807) is 14.2 Å². The van der Waals surface area contributed by atoms with E-state index in [1.807, 2.05) is 77.7 Å². The van der Waals surface area contributed by atoms with Crippen LogP contribution in [-0.4, -0.2) is 31.1 Å². The Morgan fingerprint density at radius 3 is 2.28 bits per heavy atom. The summed E-state index contributed by atoms with van der Waals surface area (Å²) in [6.07, 6.45) is 2.26. The van der Waals surface area contributed by atoms with E-state index in [4.69, 9.17) is 14.2 Å². The Morgan fingerprint density at radius 1 is 0.844 bits per heavy atom. The number of nitrogens with zero attached hydrogens (tertiary/aromatic N) is 1. The largest absolute Gasteiger partial charge is 0.493 e. The lowest BCUT2D eigenvalue weighted by atomic mass is 10.0. The fraction of sp³-hybridized carbons (Fsp3) is 0.296. The number of amides is 1. The molecule has 3 aromatic rings. The fourth-order valence-electron chi connectivity index (χ4n) is 4.13. The molecule has 166 valence electrons. The van der Waals surface area contributed by atoms with E-state index >= 15 is 0 Å². The minimum Gasteiger partial charge on any atom is -0.493 e. The standard InChI is InChI=1S/C27H29NO4/c1-30-25-14-10-22(17-26(25)31-2)16-23-11-15-27(29)28(23)18-20-8-12-24(13-9-20)32-19-21-6-4-3-5-7-21/h3-10,12-14,17,23H,11,15-16,18-19H2,1-2H3/t23-/m0/s1. The number of ether oxygens (including phenoxy) is 3. The SMILES string of the molecule is COc1ccc(C[C@@H]2CCC(=O)N2Cc2ccc(OCc3ccccc3)cc2)cc1OC. The Kier molecular flexibility index (Phi) is 6.95. The molecule has 0 N–H and O–H groups in total. The zero-order valence-corrected chi connectivity index (χ0v) is 18.6. The second-order valence-electron chi connectivity index (χ2n) is 8.03. The van der Waals surface area contributed by atoms with Crippen molar-refractivity contribution in [1.82, 2.24) is 4.90 Å². The molecule has 0 radical (unpaired) electrons. The number of benzene rings is 3. The van der Waals surface area contributed by atoms with Crippen LogP contribution in [0.1, 0.15) is 29.5 Å². The Bertz CT molecular complexity index is 1030. The molecule has 1 saturated heterocycles. The molecule has 1 heterocycles. The molecule has 1 aliphatic rings. The highest BCUT2D eigenvalue weighted by atomic mass is 16.5. The third-order valence-electron chi connectivity index (χ3n) is 5.90. The summed E-state index contributed by atoms with van der Waals surface area (Å²) in [4.78, 5) is 14.6. The molecule has 3 aromatic carbocycles. The van der Waals surface area contributed by atoms with Crippen molar-refractivity contribution in [2.45, 2.75) is 38.5 Å². The lowest BCUT2D eigenvalue weighted by molar-refractivity contribution is -0.129. The van der Waals surface area contributed by atoms with Crippen LogP contribution >= 0.6 is 0 Å². The van der Waals surface area contributed by atoms with Gasteiger partial charge in [0.05, 0.1) is 14.2 Å². The molecule has 0 aromatic heterocycles. The maximum absolute atomic E-state index is 12.6.